The van der Waals surface area contributed by atoms with E-state index in [1.54, 1.807) is 11.3 Å². The van der Waals surface area contributed by atoms with Gasteiger partial charge >= 0.3 is 5.97 Å². The van der Waals surface area contributed by atoms with Crippen LogP contribution in [0.3, 0.4) is 0 Å². The average molecular weight is 313 g/mol. The molecular formula is C14H23N3O3S. The molecule has 0 unspecified atom stereocenters. The summed E-state index contributed by atoms with van der Waals surface area (Å²) < 4.78 is 9.95. The lowest BCUT2D eigenvalue weighted by molar-refractivity contribution is -0.140. The third kappa shape index (κ3) is 5.99. The summed E-state index contributed by atoms with van der Waals surface area (Å²) in [5, 5.41) is 6.26. The van der Waals surface area contributed by atoms with E-state index in [2.05, 4.69) is 19.9 Å². The Bertz CT molecular complexity index is 433. The lowest BCUT2D eigenvalue weighted by Crippen LogP contribution is -2.37. The second kappa shape index (κ2) is 8.96. The van der Waals surface area contributed by atoms with Gasteiger partial charge in [-0.1, -0.05) is 0 Å². The van der Waals surface area contributed by atoms with E-state index in [1.807, 2.05) is 5.38 Å². The molecule has 0 amide bonds. The van der Waals surface area contributed by atoms with Gasteiger partial charge in [-0.3, -0.25) is 9.69 Å². The van der Waals surface area contributed by atoms with Crippen molar-refractivity contribution in [3.05, 3.63) is 11.1 Å². The maximum Gasteiger partial charge on any atom is 0.305 e. The minimum atomic E-state index is -0.192. The van der Waals surface area contributed by atoms with Gasteiger partial charge in [0.1, 0.15) is 0 Å². The largest absolute Gasteiger partial charge is 0.469 e. The van der Waals surface area contributed by atoms with E-state index in [9.17, 15) is 4.79 Å². The molecule has 0 aliphatic carbocycles. The molecule has 1 aromatic rings. The Hall–Kier alpha value is -1.18. The Kier molecular flexibility index (Phi) is 6.91. The zero-order valence-electron chi connectivity index (χ0n) is 12.5. The molecule has 118 valence electrons. The van der Waals surface area contributed by atoms with Gasteiger partial charge in [0.15, 0.2) is 5.13 Å². The highest BCUT2D eigenvalue weighted by Crippen LogP contribution is 2.16. The number of hydrogen-bond donors (Lipinski definition) is 1. The first-order valence-electron chi connectivity index (χ1n) is 7.33. The predicted molar refractivity (Wildman–Crippen MR) is 82.8 cm³/mol. The van der Waals surface area contributed by atoms with Gasteiger partial charge in [0.25, 0.3) is 0 Å². The fraction of sp³-hybridized carbons (Fsp3) is 0.714. The number of nitrogens with zero attached hydrogens (tertiary/aromatic N) is 2. The number of nitrogens with one attached hydrogen (secondary N) is 1. The average Bonchev–Trinajstić information content (AvgIpc) is 2.98. The second-order valence-electron chi connectivity index (χ2n) is 4.95. The number of carbonyl (C=O) groups is 1. The van der Waals surface area contributed by atoms with Gasteiger partial charge < -0.3 is 14.8 Å². The van der Waals surface area contributed by atoms with Crippen molar-refractivity contribution >= 4 is 22.4 Å². The van der Waals surface area contributed by atoms with Crippen LogP contribution in [-0.2, 0) is 20.7 Å². The van der Waals surface area contributed by atoms with Crippen molar-refractivity contribution in [3.8, 4) is 0 Å². The van der Waals surface area contributed by atoms with Crippen molar-refractivity contribution in [3.63, 3.8) is 0 Å². The van der Waals surface area contributed by atoms with Crippen LogP contribution >= 0.6 is 11.3 Å². The summed E-state index contributed by atoms with van der Waals surface area (Å²) in [5.74, 6) is -0.192. The third-order valence-electron chi connectivity index (χ3n) is 3.40. The Morgan fingerprint density at radius 2 is 2.33 bits per heavy atom. The molecule has 1 fully saturated rings. The van der Waals surface area contributed by atoms with Crippen molar-refractivity contribution in [2.24, 2.45) is 0 Å². The Morgan fingerprint density at radius 3 is 3.10 bits per heavy atom. The number of rotatable bonds is 8. The van der Waals surface area contributed by atoms with E-state index in [1.165, 1.54) is 7.11 Å². The number of hydrogen-bond acceptors (Lipinski definition) is 7. The molecular weight excluding hydrogens is 290 g/mol. The zero-order valence-corrected chi connectivity index (χ0v) is 13.3. The number of ether oxygens (including phenoxy) is 2. The molecule has 0 aromatic carbocycles. The fourth-order valence-electron chi connectivity index (χ4n) is 2.16. The van der Waals surface area contributed by atoms with Crippen molar-refractivity contribution < 1.29 is 14.3 Å². The van der Waals surface area contributed by atoms with Gasteiger partial charge in [-0.2, -0.15) is 0 Å². The number of thiazole rings is 1. The van der Waals surface area contributed by atoms with Crippen LogP contribution in [0.2, 0.25) is 0 Å². The van der Waals surface area contributed by atoms with Crippen LogP contribution in [0.4, 0.5) is 5.13 Å². The molecule has 0 saturated carbocycles. The molecule has 2 rings (SSSR count). The van der Waals surface area contributed by atoms with Crippen LogP contribution in [0.25, 0.3) is 0 Å². The standard InChI is InChI=1S/C14H23N3O3S/c1-19-13(18)4-3-12-11-21-14(16-12)15-5-2-6-17-7-9-20-10-8-17/h11H,2-10H2,1H3,(H,15,16). The highest BCUT2D eigenvalue weighted by molar-refractivity contribution is 7.13. The summed E-state index contributed by atoms with van der Waals surface area (Å²) in [6.07, 6.45) is 2.12. The first kappa shape index (κ1) is 16.2. The highest BCUT2D eigenvalue weighted by atomic mass is 32.1. The van der Waals surface area contributed by atoms with Crippen molar-refractivity contribution in [2.75, 3.05) is 51.8 Å². The van der Waals surface area contributed by atoms with E-state index in [0.29, 0.717) is 12.8 Å². The van der Waals surface area contributed by atoms with Gasteiger partial charge in [-0.15, -0.1) is 11.3 Å². The summed E-state index contributed by atoms with van der Waals surface area (Å²) in [4.78, 5) is 18.0. The molecule has 6 nitrogen and oxygen atoms in total. The molecule has 0 bridgehead atoms. The summed E-state index contributed by atoms with van der Waals surface area (Å²) in [6, 6.07) is 0. The molecule has 0 spiro atoms. The predicted octanol–water partition coefficient (Wildman–Crippen LogP) is 1.38. The molecule has 2 heterocycles. The number of carbonyl (C=O) groups excluding carboxylic acids is 1. The minimum absolute atomic E-state index is 0.192. The minimum Gasteiger partial charge on any atom is -0.469 e. The number of esters is 1. The maximum atomic E-state index is 11.1. The molecule has 1 N–H and O–H groups in total. The number of aryl methyl sites for hydroxylation is 1. The molecule has 0 radical (unpaired) electrons. The number of morpholine rings is 1. The van der Waals surface area contributed by atoms with Crippen LogP contribution in [0.5, 0.6) is 0 Å². The summed E-state index contributed by atoms with van der Waals surface area (Å²) in [5.41, 5.74) is 0.945. The molecule has 1 aliphatic heterocycles. The van der Waals surface area contributed by atoms with E-state index < -0.39 is 0 Å². The third-order valence-corrected chi connectivity index (χ3v) is 4.24. The van der Waals surface area contributed by atoms with E-state index in [4.69, 9.17) is 4.74 Å². The Labute approximate surface area is 129 Å². The van der Waals surface area contributed by atoms with Crippen LogP contribution in [0, 0.1) is 0 Å². The summed E-state index contributed by atoms with van der Waals surface area (Å²) in [7, 11) is 1.41. The van der Waals surface area contributed by atoms with Gasteiger partial charge in [-0.05, 0) is 13.0 Å². The van der Waals surface area contributed by atoms with E-state index >= 15 is 0 Å². The second-order valence-corrected chi connectivity index (χ2v) is 5.81. The smallest absolute Gasteiger partial charge is 0.305 e. The highest BCUT2D eigenvalue weighted by Gasteiger charge is 2.09. The molecule has 1 aliphatic rings. The fourth-order valence-corrected chi connectivity index (χ4v) is 2.93. The number of anilines is 1. The number of methoxy groups -OCH3 is 1. The molecule has 0 atom stereocenters. The molecule has 7 heteroatoms. The number of aromatic nitrogens is 1. The van der Waals surface area contributed by atoms with E-state index in [-0.39, 0.29) is 5.97 Å². The van der Waals surface area contributed by atoms with Crippen molar-refractivity contribution in [1.82, 2.24) is 9.88 Å². The first-order chi connectivity index (χ1) is 10.3. The maximum absolute atomic E-state index is 11.1. The van der Waals surface area contributed by atoms with Gasteiger partial charge in [0.2, 0.25) is 0 Å². The van der Waals surface area contributed by atoms with Crippen LogP contribution < -0.4 is 5.32 Å². The first-order valence-corrected chi connectivity index (χ1v) is 8.21. The van der Waals surface area contributed by atoms with Gasteiger partial charge in [0.05, 0.1) is 32.4 Å². The van der Waals surface area contributed by atoms with Crippen LogP contribution in [-0.4, -0.2) is 62.4 Å². The van der Waals surface area contributed by atoms with Crippen LogP contribution in [0.1, 0.15) is 18.5 Å². The van der Waals surface area contributed by atoms with Crippen molar-refractivity contribution in [2.45, 2.75) is 19.3 Å². The summed E-state index contributed by atoms with van der Waals surface area (Å²) in [6.45, 7) is 5.79. The molecule has 21 heavy (non-hydrogen) atoms. The van der Waals surface area contributed by atoms with E-state index in [0.717, 1.165) is 56.6 Å². The quantitative estimate of drug-likeness (QED) is 0.578. The van der Waals surface area contributed by atoms with Gasteiger partial charge in [-0.25, -0.2) is 4.98 Å². The Morgan fingerprint density at radius 1 is 1.52 bits per heavy atom. The monoisotopic (exact) mass is 313 g/mol. The lowest BCUT2D eigenvalue weighted by Gasteiger charge is -2.26. The van der Waals surface area contributed by atoms with Crippen molar-refractivity contribution in [1.29, 1.82) is 0 Å². The van der Waals surface area contributed by atoms with Gasteiger partial charge in [0, 0.05) is 31.4 Å². The zero-order chi connectivity index (χ0) is 14.9. The Balaban J connectivity index is 1.60. The SMILES string of the molecule is COC(=O)CCc1csc(NCCCN2CCOCC2)n1. The normalized spacial score (nSPS) is 15.9. The topological polar surface area (TPSA) is 63.7 Å². The lowest BCUT2D eigenvalue weighted by atomic mass is 10.2. The van der Waals surface area contributed by atoms with Crippen LogP contribution in [0.15, 0.2) is 5.38 Å². The summed E-state index contributed by atoms with van der Waals surface area (Å²) >= 11 is 1.59. The molecule has 1 aromatic heterocycles. The molecule has 1 saturated heterocycles.